The van der Waals surface area contributed by atoms with E-state index in [1.54, 1.807) is 0 Å². The van der Waals surface area contributed by atoms with Gasteiger partial charge in [-0.1, -0.05) is 122 Å². The van der Waals surface area contributed by atoms with Gasteiger partial charge in [-0.2, -0.15) is 0 Å². The fraction of sp³-hybridized carbons (Fsp3) is 1.00. The Morgan fingerprint density at radius 3 is 1.12 bits per heavy atom. The predicted octanol–water partition coefficient (Wildman–Crippen LogP) is 7.55. The standard InChI is InChI=1S/C24H50O2/c1-2-3-4-5-6-7-8-9-10-11-12-13-14-15-16-18-21-24(26)22-19-17-20-23-25/h24-26H,2-23H2,1H3. The smallest absolute Gasteiger partial charge is 0.0540 e. The molecular weight excluding hydrogens is 320 g/mol. The second-order valence-electron chi connectivity index (χ2n) is 8.32. The molecule has 0 aliphatic carbocycles. The summed E-state index contributed by atoms with van der Waals surface area (Å²) in [6.45, 7) is 2.57. The van der Waals surface area contributed by atoms with Crippen LogP contribution in [-0.4, -0.2) is 22.9 Å². The van der Waals surface area contributed by atoms with Crippen molar-refractivity contribution < 1.29 is 10.2 Å². The van der Waals surface area contributed by atoms with Crippen molar-refractivity contribution in [1.29, 1.82) is 0 Å². The molecule has 0 saturated carbocycles. The van der Waals surface area contributed by atoms with Crippen LogP contribution in [-0.2, 0) is 0 Å². The summed E-state index contributed by atoms with van der Waals surface area (Å²) in [4.78, 5) is 0. The summed E-state index contributed by atoms with van der Waals surface area (Å²) >= 11 is 0. The third kappa shape index (κ3) is 22.0. The van der Waals surface area contributed by atoms with Gasteiger partial charge in [0, 0.05) is 6.61 Å². The zero-order valence-electron chi connectivity index (χ0n) is 18.0. The number of aliphatic hydroxyl groups is 2. The van der Waals surface area contributed by atoms with Gasteiger partial charge in [0.25, 0.3) is 0 Å². The molecule has 0 aromatic heterocycles. The summed E-state index contributed by atoms with van der Waals surface area (Å²) in [6, 6.07) is 0. The lowest BCUT2D eigenvalue weighted by atomic mass is 10.0. The van der Waals surface area contributed by atoms with Gasteiger partial charge >= 0.3 is 0 Å². The van der Waals surface area contributed by atoms with Crippen LogP contribution in [0.25, 0.3) is 0 Å². The van der Waals surface area contributed by atoms with Crippen LogP contribution in [0.1, 0.15) is 142 Å². The van der Waals surface area contributed by atoms with Crippen LogP contribution >= 0.6 is 0 Å². The van der Waals surface area contributed by atoms with Gasteiger partial charge in [-0.05, 0) is 19.3 Å². The molecular formula is C24H50O2. The van der Waals surface area contributed by atoms with Crippen LogP contribution in [0.5, 0.6) is 0 Å². The van der Waals surface area contributed by atoms with Crippen LogP contribution in [0, 0.1) is 0 Å². The van der Waals surface area contributed by atoms with E-state index < -0.39 is 0 Å². The molecule has 0 radical (unpaired) electrons. The highest BCUT2D eigenvalue weighted by Crippen LogP contribution is 2.15. The average Bonchev–Trinajstić information content (AvgIpc) is 2.65. The van der Waals surface area contributed by atoms with Gasteiger partial charge in [0.15, 0.2) is 0 Å². The Labute approximate surface area is 165 Å². The minimum absolute atomic E-state index is 0.111. The van der Waals surface area contributed by atoms with Crippen LogP contribution < -0.4 is 0 Å². The minimum Gasteiger partial charge on any atom is -0.396 e. The lowest BCUT2D eigenvalue weighted by Crippen LogP contribution is -2.06. The Morgan fingerprint density at radius 2 is 0.769 bits per heavy atom. The number of unbranched alkanes of at least 4 members (excludes halogenated alkanes) is 17. The summed E-state index contributed by atoms with van der Waals surface area (Å²) in [6.07, 6.45) is 27.1. The van der Waals surface area contributed by atoms with Crippen molar-refractivity contribution in [3.05, 3.63) is 0 Å². The highest BCUT2D eigenvalue weighted by molar-refractivity contribution is 4.57. The van der Waals surface area contributed by atoms with E-state index in [-0.39, 0.29) is 12.7 Å². The summed E-state index contributed by atoms with van der Waals surface area (Å²) < 4.78 is 0. The summed E-state index contributed by atoms with van der Waals surface area (Å²) in [7, 11) is 0. The number of hydrogen-bond acceptors (Lipinski definition) is 2. The van der Waals surface area contributed by atoms with Gasteiger partial charge in [-0.3, -0.25) is 0 Å². The minimum atomic E-state index is -0.111. The van der Waals surface area contributed by atoms with Crippen LogP contribution in [0.4, 0.5) is 0 Å². The Kier molecular flexibility index (Phi) is 22.9. The van der Waals surface area contributed by atoms with Crippen molar-refractivity contribution >= 4 is 0 Å². The molecule has 0 spiro atoms. The highest BCUT2D eigenvalue weighted by atomic mass is 16.3. The zero-order chi connectivity index (χ0) is 19.1. The molecule has 0 aromatic rings. The van der Waals surface area contributed by atoms with E-state index >= 15 is 0 Å². The number of rotatable bonds is 22. The fourth-order valence-corrected chi connectivity index (χ4v) is 3.74. The zero-order valence-corrected chi connectivity index (χ0v) is 18.0. The molecule has 0 saturated heterocycles. The molecule has 0 aliphatic rings. The first kappa shape index (κ1) is 25.9. The van der Waals surface area contributed by atoms with Crippen molar-refractivity contribution in [2.75, 3.05) is 6.61 Å². The van der Waals surface area contributed by atoms with Crippen molar-refractivity contribution in [2.45, 2.75) is 148 Å². The molecule has 0 amide bonds. The maximum atomic E-state index is 9.90. The normalized spacial score (nSPS) is 12.6. The molecule has 2 heteroatoms. The molecule has 26 heavy (non-hydrogen) atoms. The first-order valence-corrected chi connectivity index (χ1v) is 12.1. The molecule has 0 rings (SSSR count). The average molecular weight is 371 g/mol. The lowest BCUT2D eigenvalue weighted by Gasteiger charge is -2.10. The van der Waals surface area contributed by atoms with Gasteiger partial charge in [-0.25, -0.2) is 0 Å². The third-order valence-corrected chi connectivity index (χ3v) is 5.59. The monoisotopic (exact) mass is 370 g/mol. The van der Waals surface area contributed by atoms with Gasteiger partial charge in [0.1, 0.15) is 0 Å². The molecule has 0 heterocycles. The van der Waals surface area contributed by atoms with Gasteiger partial charge in [0.2, 0.25) is 0 Å². The molecule has 158 valence electrons. The second kappa shape index (κ2) is 23.0. The maximum absolute atomic E-state index is 9.90. The largest absolute Gasteiger partial charge is 0.396 e. The maximum Gasteiger partial charge on any atom is 0.0540 e. The summed E-state index contributed by atoms with van der Waals surface area (Å²) in [5.74, 6) is 0. The summed E-state index contributed by atoms with van der Waals surface area (Å²) in [5.41, 5.74) is 0. The van der Waals surface area contributed by atoms with E-state index in [4.69, 9.17) is 5.11 Å². The van der Waals surface area contributed by atoms with E-state index in [0.29, 0.717) is 0 Å². The van der Waals surface area contributed by atoms with Gasteiger partial charge in [-0.15, -0.1) is 0 Å². The van der Waals surface area contributed by atoms with Crippen molar-refractivity contribution in [3.8, 4) is 0 Å². The molecule has 0 aromatic carbocycles. The molecule has 2 nitrogen and oxygen atoms in total. The molecule has 1 atom stereocenters. The van der Waals surface area contributed by atoms with Crippen LogP contribution in [0.15, 0.2) is 0 Å². The van der Waals surface area contributed by atoms with E-state index in [2.05, 4.69) is 6.92 Å². The fourth-order valence-electron chi connectivity index (χ4n) is 3.74. The Hall–Kier alpha value is -0.0800. The molecule has 0 aliphatic heterocycles. The lowest BCUT2D eigenvalue weighted by molar-refractivity contribution is 0.146. The van der Waals surface area contributed by atoms with Gasteiger partial charge < -0.3 is 10.2 Å². The predicted molar refractivity (Wildman–Crippen MR) is 116 cm³/mol. The summed E-state index contributed by atoms with van der Waals surface area (Å²) in [5, 5.41) is 18.6. The molecule has 1 unspecified atom stereocenters. The van der Waals surface area contributed by atoms with E-state index in [9.17, 15) is 5.11 Å². The first-order valence-electron chi connectivity index (χ1n) is 12.1. The molecule has 2 N–H and O–H groups in total. The van der Waals surface area contributed by atoms with Crippen LogP contribution in [0.3, 0.4) is 0 Å². The number of hydrogen-bond donors (Lipinski definition) is 2. The SMILES string of the molecule is CCCCCCCCCCCCCCCCCCC(O)CCCCCO. The van der Waals surface area contributed by atoms with Crippen LogP contribution in [0.2, 0.25) is 0 Å². The van der Waals surface area contributed by atoms with Gasteiger partial charge in [0.05, 0.1) is 6.10 Å². The number of aliphatic hydroxyl groups excluding tert-OH is 2. The third-order valence-electron chi connectivity index (χ3n) is 5.59. The Bertz CT molecular complexity index is 242. The first-order chi connectivity index (χ1) is 12.8. The quantitative estimate of drug-likeness (QED) is 0.193. The Morgan fingerprint density at radius 1 is 0.462 bits per heavy atom. The van der Waals surface area contributed by atoms with E-state index in [1.165, 1.54) is 103 Å². The van der Waals surface area contributed by atoms with E-state index in [0.717, 1.165) is 32.1 Å². The highest BCUT2D eigenvalue weighted by Gasteiger charge is 2.03. The van der Waals surface area contributed by atoms with Crippen molar-refractivity contribution in [1.82, 2.24) is 0 Å². The van der Waals surface area contributed by atoms with Crippen molar-refractivity contribution in [2.24, 2.45) is 0 Å². The van der Waals surface area contributed by atoms with Crippen molar-refractivity contribution in [3.63, 3.8) is 0 Å². The van der Waals surface area contributed by atoms with E-state index in [1.807, 2.05) is 0 Å². The molecule has 0 fully saturated rings. The molecule has 0 bridgehead atoms. The Balaban J connectivity index is 3.06. The second-order valence-corrected chi connectivity index (χ2v) is 8.32. The topological polar surface area (TPSA) is 40.5 Å².